The molecule has 0 saturated heterocycles. The minimum atomic E-state index is -0.156. The average Bonchev–Trinajstić information content (AvgIpc) is 2.92. The maximum absolute atomic E-state index is 10.8. The summed E-state index contributed by atoms with van der Waals surface area (Å²) in [7, 11) is 0. The van der Waals surface area contributed by atoms with Gasteiger partial charge in [-0.15, -0.1) is 0 Å². The smallest absolute Gasteiger partial charge is 0.0594 e. The van der Waals surface area contributed by atoms with Gasteiger partial charge < -0.3 is 10.8 Å². The SMILES string of the molecule is CC(C)CCC[C@@H](C)[C@H]1C[C@H](N)[C@@]2(C)C3=C(CC[C@]12C)[C@@]1(C)CC[C@H](O)C(C)(C)C1CC3. The fourth-order valence-corrected chi connectivity index (χ4v) is 9.77. The van der Waals surface area contributed by atoms with E-state index >= 15 is 0 Å². The minimum absolute atomic E-state index is 0.0123. The van der Waals surface area contributed by atoms with E-state index in [0.29, 0.717) is 11.3 Å². The summed E-state index contributed by atoms with van der Waals surface area (Å²) in [6.45, 7) is 19.6. The summed E-state index contributed by atoms with van der Waals surface area (Å²) in [5.41, 5.74) is 11.4. The van der Waals surface area contributed by atoms with Crippen LogP contribution in [0.5, 0.6) is 0 Å². The molecule has 0 aromatic heterocycles. The number of fused-ring (bicyclic) bond motifs is 4. The molecule has 2 nitrogen and oxygen atoms in total. The molecule has 8 atom stereocenters. The second kappa shape index (κ2) is 8.11. The third kappa shape index (κ3) is 3.32. The van der Waals surface area contributed by atoms with Crippen LogP contribution in [0.1, 0.15) is 120 Å². The lowest BCUT2D eigenvalue weighted by molar-refractivity contribution is -0.0966. The van der Waals surface area contributed by atoms with Crippen molar-refractivity contribution in [3.8, 4) is 0 Å². The normalized spacial score (nSPS) is 46.6. The predicted molar refractivity (Wildman–Crippen MR) is 136 cm³/mol. The second-order valence-corrected chi connectivity index (χ2v) is 14.2. The van der Waals surface area contributed by atoms with Crippen LogP contribution in [0.3, 0.4) is 0 Å². The van der Waals surface area contributed by atoms with E-state index in [2.05, 4.69) is 55.4 Å². The summed E-state index contributed by atoms with van der Waals surface area (Å²) in [4.78, 5) is 0. The number of aliphatic hydroxyl groups is 1. The zero-order chi connectivity index (χ0) is 23.7. The van der Waals surface area contributed by atoms with E-state index in [9.17, 15) is 5.11 Å². The van der Waals surface area contributed by atoms with E-state index in [4.69, 9.17) is 5.73 Å². The molecule has 0 bridgehead atoms. The molecule has 4 aliphatic carbocycles. The van der Waals surface area contributed by atoms with Gasteiger partial charge in [0.25, 0.3) is 0 Å². The molecule has 0 radical (unpaired) electrons. The Morgan fingerprint density at radius 2 is 1.62 bits per heavy atom. The lowest BCUT2D eigenvalue weighted by Crippen LogP contribution is -2.56. The van der Waals surface area contributed by atoms with Crippen LogP contribution in [-0.4, -0.2) is 17.3 Å². The van der Waals surface area contributed by atoms with Crippen molar-refractivity contribution >= 4 is 0 Å². The zero-order valence-corrected chi connectivity index (χ0v) is 22.6. The van der Waals surface area contributed by atoms with Crippen LogP contribution in [0.4, 0.5) is 0 Å². The van der Waals surface area contributed by atoms with E-state index in [1.807, 2.05) is 0 Å². The Morgan fingerprint density at radius 3 is 2.28 bits per heavy atom. The van der Waals surface area contributed by atoms with Crippen molar-refractivity contribution in [2.75, 3.05) is 0 Å². The highest BCUT2D eigenvalue weighted by molar-refractivity contribution is 5.40. The average molecular weight is 444 g/mol. The van der Waals surface area contributed by atoms with E-state index in [-0.39, 0.29) is 28.4 Å². The molecule has 0 spiro atoms. The van der Waals surface area contributed by atoms with Gasteiger partial charge in [-0.2, -0.15) is 0 Å². The Hall–Kier alpha value is -0.340. The third-order valence-electron chi connectivity index (χ3n) is 12.1. The molecule has 2 fully saturated rings. The maximum atomic E-state index is 10.8. The lowest BCUT2D eigenvalue weighted by atomic mass is 9.43. The number of aliphatic hydroxyl groups excluding tert-OH is 1. The van der Waals surface area contributed by atoms with Gasteiger partial charge in [0.2, 0.25) is 0 Å². The Kier molecular flexibility index (Phi) is 6.28. The number of allylic oxidation sites excluding steroid dienone is 1. The number of rotatable bonds is 5. The Bertz CT molecular complexity index is 752. The molecule has 184 valence electrons. The van der Waals surface area contributed by atoms with E-state index < -0.39 is 0 Å². The molecule has 4 aliphatic rings. The standard InChI is InChI=1S/C30H53NO/c1-19(2)10-9-11-20(3)23-18-25(31)30(8)22-12-13-24-27(4,5)26(32)15-16-28(24,6)21(22)14-17-29(23,30)7/h19-20,23-26,32H,9-18,31H2,1-8H3/t20-,23-,24?,25+,26+,28-,29-,30-/m1/s1. The third-order valence-corrected chi connectivity index (χ3v) is 12.1. The molecule has 0 heterocycles. The molecule has 0 aromatic rings. The molecular formula is C30H53NO. The largest absolute Gasteiger partial charge is 0.393 e. The van der Waals surface area contributed by atoms with Crippen LogP contribution < -0.4 is 5.73 Å². The van der Waals surface area contributed by atoms with Crippen molar-refractivity contribution in [1.82, 2.24) is 0 Å². The monoisotopic (exact) mass is 443 g/mol. The summed E-state index contributed by atoms with van der Waals surface area (Å²) in [6, 6.07) is 0.290. The van der Waals surface area contributed by atoms with Crippen molar-refractivity contribution < 1.29 is 5.11 Å². The molecule has 0 aliphatic heterocycles. The lowest BCUT2D eigenvalue weighted by Gasteiger charge is -2.62. The van der Waals surface area contributed by atoms with Gasteiger partial charge in [-0.1, -0.05) is 85.8 Å². The van der Waals surface area contributed by atoms with E-state index in [0.717, 1.165) is 30.6 Å². The van der Waals surface area contributed by atoms with Crippen molar-refractivity contribution in [2.45, 2.75) is 132 Å². The summed E-state index contributed by atoms with van der Waals surface area (Å²) in [5, 5.41) is 10.8. The number of hydrogen-bond acceptors (Lipinski definition) is 2. The maximum Gasteiger partial charge on any atom is 0.0594 e. The van der Waals surface area contributed by atoms with Gasteiger partial charge in [0.15, 0.2) is 0 Å². The molecule has 32 heavy (non-hydrogen) atoms. The topological polar surface area (TPSA) is 46.2 Å². The fraction of sp³-hybridized carbons (Fsp3) is 0.933. The first kappa shape index (κ1) is 24.8. The molecule has 1 unspecified atom stereocenters. The highest BCUT2D eigenvalue weighted by Crippen LogP contribution is 2.72. The van der Waals surface area contributed by atoms with E-state index in [1.165, 1.54) is 51.4 Å². The summed E-state index contributed by atoms with van der Waals surface area (Å²) >= 11 is 0. The quantitative estimate of drug-likeness (QED) is 0.432. The van der Waals surface area contributed by atoms with Crippen molar-refractivity contribution in [1.29, 1.82) is 0 Å². The number of hydrogen-bond donors (Lipinski definition) is 2. The van der Waals surface area contributed by atoms with Crippen LogP contribution in [0, 0.1) is 45.3 Å². The highest BCUT2D eigenvalue weighted by Gasteiger charge is 2.65. The minimum Gasteiger partial charge on any atom is -0.393 e. The first-order valence-electron chi connectivity index (χ1n) is 14.0. The van der Waals surface area contributed by atoms with Crippen LogP contribution >= 0.6 is 0 Å². The molecule has 0 amide bonds. The van der Waals surface area contributed by atoms with Crippen molar-refractivity contribution in [2.24, 2.45) is 51.1 Å². The van der Waals surface area contributed by atoms with Gasteiger partial charge in [-0.25, -0.2) is 0 Å². The van der Waals surface area contributed by atoms with Crippen LogP contribution in [-0.2, 0) is 0 Å². The van der Waals surface area contributed by atoms with Crippen LogP contribution in [0.2, 0.25) is 0 Å². The first-order valence-corrected chi connectivity index (χ1v) is 14.0. The first-order chi connectivity index (χ1) is 14.8. The molecular weight excluding hydrogens is 390 g/mol. The van der Waals surface area contributed by atoms with Gasteiger partial charge in [-0.05, 0) is 84.9 Å². The van der Waals surface area contributed by atoms with Gasteiger partial charge in [0.1, 0.15) is 0 Å². The zero-order valence-electron chi connectivity index (χ0n) is 22.6. The number of nitrogens with two attached hydrogens (primary N) is 1. The molecule has 2 heteroatoms. The van der Waals surface area contributed by atoms with Crippen molar-refractivity contribution in [3.63, 3.8) is 0 Å². The fourth-order valence-electron chi connectivity index (χ4n) is 9.77. The predicted octanol–water partition coefficient (Wildman–Crippen LogP) is 7.50. The second-order valence-electron chi connectivity index (χ2n) is 14.2. The molecule has 2 saturated carbocycles. The molecule has 4 rings (SSSR count). The summed E-state index contributed by atoms with van der Waals surface area (Å²) in [5.74, 6) is 2.92. The van der Waals surface area contributed by atoms with Crippen LogP contribution in [0.25, 0.3) is 0 Å². The Balaban J connectivity index is 1.67. The Labute approximate surface area is 199 Å². The van der Waals surface area contributed by atoms with Gasteiger partial charge >= 0.3 is 0 Å². The van der Waals surface area contributed by atoms with Crippen LogP contribution in [0.15, 0.2) is 11.1 Å². The van der Waals surface area contributed by atoms with Gasteiger partial charge in [0, 0.05) is 11.5 Å². The van der Waals surface area contributed by atoms with Crippen molar-refractivity contribution in [3.05, 3.63) is 11.1 Å². The molecule has 0 aromatic carbocycles. The molecule has 3 N–H and O–H groups in total. The van der Waals surface area contributed by atoms with E-state index in [1.54, 1.807) is 11.1 Å². The van der Waals surface area contributed by atoms with Gasteiger partial charge in [-0.3, -0.25) is 0 Å². The summed E-state index contributed by atoms with van der Waals surface area (Å²) in [6.07, 6.45) is 12.2. The highest BCUT2D eigenvalue weighted by atomic mass is 16.3. The Morgan fingerprint density at radius 1 is 0.938 bits per heavy atom. The van der Waals surface area contributed by atoms with Gasteiger partial charge in [0.05, 0.1) is 6.10 Å². The summed E-state index contributed by atoms with van der Waals surface area (Å²) < 4.78 is 0.